The van der Waals surface area contributed by atoms with Crippen molar-refractivity contribution >= 4 is 11.6 Å². The zero-order chi connectivity index (χ0) is 17.7. The number of ether oxygens (including phenoxy) is 1. The summed E-state index contributed by atoms with van der Waals surface area (Å²) in [5.41, 5.74) is 4.23. The van der Waals surface area contributed by atoms with E-state index in [2.05, 4.69) is 19.2 Å². The normalized spacial score (nSPS) is 12.1. The van der Waals surface area contributed by atoms with Crippen LogP contribution in [0.4, 0.5) is 5.69 Å². The summed E-state index contributed by atoms with van der Waals surface area (Å²) in [4.78, 5) is 12.7. The lowest BCUT2D eigenvalue weighted by atomic mass is 10.0. The highest BCUT2D eigenvalue weighted by Crippen LogP contribution is 2.25. The summed E-state index contributed by atoms with van der Waals surface area (Å²) in [7, 11) is 0. The maximum atomic E-state index is 12.7. The van der Waals surface area contributed by atoms with Crippen molar-refractivity contribution in [2.45, 2.75) is 53.1 Å². The van der Waals surface area contributed by atoms with Crippen molar-refractivity contribution in [2.75, 3.05) is 5.32 Å². The van der Waals surface area contributed by atoms with Crippen LogP contribution in [-0.2, 0) is 4.79 Å². The van der Waals surface area contributed by atoms with Crippen molar-refractivity contribution in [3.8, 4) is 5.75 Å². The number of benzene rings is 2. The van der Waals surface area contributed by atoms with Crippen LogP contribution < -0.4 is 10.1 Å². The number of nitrogens with one attached hydrogen (secondary N) is 1. The highest BCUT2D eigenvalue weighted by molar-refractivity contribution is 5.95. The molecule has 0 aliphatic rings. The fraction of sp³-hybridized carbons (Fsp3) is 0.381. The minimum absolute atomic E-state index is 0.105. The minimum Gasteiger partial charge on any atom is -0.480 e. The molecule has 0 heterocycles. The third kappa shape index (κ3) is 4.16. The standard InChI is InChI=1S/C21H27NO2/c1-6-19(24-20-13-9-10-15(4)16(20)5)21(23)22-18-12-8-7-11-17(18)14(2)3/h7-14,19H,6H2,1-5H3,(H,22,23). The number of anilines is 1. The van der Waals surface area contributed by atoms with Gasteiger partial charge in [-0.3, -0.25) is 4.79 Å². The van der Waals surface area contributed by atoms with E-state index in [0.29, 0.717) is 12.3 Å². The van der Waals surface area contributed by atoms with Gasteiger partial charge in [0.05, 0.1) is 0 Å². The predicted octanol–water partition coefficient (Wildman–Crippen LogP) is 5.22. The van der Waals surface area contributed by atoms with E-state index in [0.717, 1.165) is 28.1 Å². The molecule has 1 atom stereocenters. The van der Waals surface area contributed by atoms with Gasteiger partial charge in [0.1, 0.15) is 5.75 Å². The van der Waals surface area contributed by atoms with Crippen LogP contribution in [0.1, 0.15) is 49.8 Å². The number of carbonyl (C=O) groups is 1. The lowest BCUT2D eigenvalue weighted by molar-refractivity contribution is -0.122. The second-order valence-corrected chi connectivity index (χ2v) is 6.44. The zero-order valence-electron chi connectivity index (χ0n) is 15.2. The van der Waals surface area contributed by atoms with Crippen LogP contribution in [0.5, 0.6) is 5.75 Å². The van der Waals surface area contributed by atoms with Crippen LogP contribution in [-0.4, -0.2) is 12.0 Å². The van der Waals surface area contributed by atoms with Crippen LogP contribution in [0, 0.1) is 13.8 Å². The van der Waals surface area contributed by atoms with Gasteiger partial charge in [-0.2, -0.15) is 0 Å². The Morgan fingerprint density at radius 1 is 1.08 bits per heavy atom. The van der Waals surface area contributed by atoms with E-state index in [1.807, 2.05) is 63.2 Å². The van der Waals surface area contributed by atoms with E-state index >= 15 is 0 Å². The largest absolute Gasteiger partial charge is 0.480 e. The number of hydrogen-bond donors (Lipinski definition) is 1. The van der Waals surface area contributed by atoms with Crippen LogP contribution in [0.15, 0.2) is 42.5 Å². The highest BCUT2D eigenvalue weighted by Gasteiger charge is 2.20. The smallest absolute Gasteiger partial charge is 0.265 e. The molecule has 3 heteroatoms. The van der Waals surface area contributed by atoms with E-state index in [1.165, 1.54) is 0 Å². The average Bonchev–Trinajstić information content (AvgIpc) is 2.56. The SMILES string of the molecule is CCC(Oc1cccc(C)c1C)C(=O)Nc1ccccc1C(C)C. The molecule has 0 saturated carbocycles. The summed E-state index contributed by atoms with van der Waals surface area (Å²) in [5.74, 6) is 1.02. The van der Waals surface area contributed by atoms with Crippen molar-refractivity contribution in [1.29, 1.82) is 0 Å². The Hall–Kier alpha value is -2.29. The molecule has 2 aromatic carbocycles. The van der Waals surface area contributed by atoms with Gasteiger partial charge in [0, 0.05) is 5.69 Å². The van der Waals surface area contributed by atoms with Gasteiger partial charge in [-0.25, -0.2) is 0 Å². The van der Waals surface area contributed by atoms with E-state index in [4.69, 9.17) is 4.74 Å². The molecule has 0 saturated heterocycles. The number of carbonyl (C=O) groups excluding carboxylic acids is 1. The molecule has 0 fully saturated rings. The molecule has 1 N–H and O–H groups in total. The second kappa shape index (κ2) is 8.00. The van der Waals surface area contributed by atoms with E-state index < -0.39 is 6.10 Å². The summed E-state index contributed by atoms with van der Waals surface area (Å²) in [6, 6.07) is 13.8. The lowest BCUT2D eigenvalue weighted by Gasteiger charge is -2.21. The van der Waals surface area contributed by atoms with Gasteiger partial charge in [0.2, 0.25) is 0 Å². The van der Waals surface area contributed by atoms with Crippen molar-refractivity contribution in [2.24, 2.45) is 0 Å². The molecule has 0 spiro atoms. The Labute approximate surface area is 145 Å². The highest BCUT2D eigenvalue weighted by atomic mass is 16.5. The summed E-state index contributed by atoms with van der Waals surface area (Å²) in [6.07, 6.45) is 0.106. The zero-order valence-corrected chi connectivity index (χ0v) is 15.2. The van der Waals surface area contributed by atoms with E-state index in [9.17, 15) is 4.79 Å². The Bertz CT molecular complexity index is 707. The second-order valence-electron chi connectivity index (χ2n) is 6.44. The molecule has 3 nitrogen and oxygen atoms in total. The summed E-state index contributed by atoms with van der Waals surface area (Å²) in [5, 5.41) is 3.03. The van der Waals surface area contributed by atoms with Gasteiger partial charge < -0.3 is 10.1 Å². The van der Waals surface area contributed by atoms with Crippen molar-refractivity contribution in [3.05, 3.63) is 59.2 Å². The Morgan fingerprint density at radius 3 is 2.46 bits per heavy atom. The van der Waals surface area contributed by atoms with Crippen LogP contribution >= 0.6 is 0 Å². The number of aryl methyl sites for hydroxylation is 1. The molecule has 2 aromatic rings. The van der Waals surface area contributed by atoms with E-state index in [-0.39, 0.29) is 5.91 Å². The van der Waals surface area contributed by atoms with Crippen LogP contribution in [0.2, 0.25) is 0 Å². The van der Waals surface area contributed by atoms with Gasteiger partial charge in [0.25, 0.3) is 5.91 Å². The third-order valence-corrected chi connectivity index (χ3v) is 4.33. The average molecular weight is 325 g/mol. The topological polar surface area (TPSA) is 38.3 Å². The monoisotopic (exact) mass is 325 g/mol. The van der Waals surface area contributed by atoms with Crippen molar-refractivity contribution in [3.63, 3.8) is 0 Å². The van der Waals surface area contributed by atoms with Gasteiger partial charge in [-0.15, -0.1) is 0 Å². The number of para-hydroxylation sites is 1. The first kappa shape index (κ1) is 18.1. The predicted molar refractivity (Wildman–Crippen MR) is 99.8 cm³/mol. The molecule has 2 rings (SSSR count). The minimum atomic E-state index is -0.509. The van der Waals surface area contributed by atoms with Gasteiger partial charge in [-0.1, -0.05) is 51.1 Å². The number of amides is 1. The molecule has 0 radical (unpaired) electrons. The summed E-state index contributed by atoms with van der Waals surface area (Å²) in [6.45, 7) is 10.3. The van der Waals surface area contributed by atoms with Gasteiger partial charge in [0.15, 0.2) is 6.10 Å². The first-order valence-corrected chi connectivity index (χ1v) is 8.56. The van der Waals surface area contributed by atoms with Crippen molar-refractivity contribution in [1.82, 2.24) is 0 Å². The quantitative estimate of drug-likeness (QED) is 0.790. The fourth-order valence-electron chi connectivity index (χ4n) is 2.65. The molecule has 24 heavy (non-hydrogen) atoms. The van der Waals surface area contributed by atoms with Crippen LogP contribution in [0.25, 0.3) is 0 Å². The summed E-state index contributed by atoms with van der Waals surface area (Å²) < 4.78 is 6.00. The van der Waals surface area contributed by atoms with Crippen molar-refractivity contribution < 1.29 is 9.53 Å². The Morgan fingerprint density at radius 2 is 1.79 bits per heavy atom. The molecule has 128 valence electrons. The van der Waals surface area contributed by atoms with E-state index in [1.54, 1.807) is 0 Å². The van der Waals surface area contributed by atoms with Gasteiger partial charge in [-0.05, 0) is 55.0 Å². The molecule has 1 amide bonds. The molecule has 0 bridgehead atoms. The molecular weight excluding hydrogens is 298 g/mol. The fourth-order valence-corrected chi connectivity index (χ4v) is 2.65. The first-order chi connectivity index (χ1) is 11.4. The maximum absolute atomic E-state index is 12.7. The molecule has 0 aromatic heterocycles. The molecule has 0 aliphatic carbocycles. The van der Waals surface area contributed by atoms with Crippen LogP contribution in [0.3, 0.4) is 0 Å². The lowest BCUT2D eigenvalue weighted by Crippen LogP contribution is -2.33. The Kier molecular flexibility index (Phi) is 6.02. The Balaban J connectivity index is 2.16. The third-order valence-electron chi connectivity index (χ3n) is 4.33. The summed E-state index contributed by atoms with van der Waals surface area (Å²) >= 11 is 0. The number of rotatable bonds is 6. The number of hydrogen-bond acceptors (Lipinski definition) is 2. The maximum Gasteiger partial charge on any atom is 0.265 e. The molecule has 0 aliphatic heterocycles. The molecule has 1 unspecified atom stereocenters. The molecular formula is C21H27NO2. The first-order valence-electron chi connectivity index (χ1n) is 8.56. The van der Waals surface area contributed by atoms with Gasteiger partial charge >= 0.3 is 0 Å².